The Morgan fingerprint density at radius 1 is 1.27 bits per heavy atom. The lowest BCUT2D eigenvalue weighted by Gasteiger charge is -2.34. The molecule has 0 bridgehead atoms. The Morgan fingerprint density at radius 2 is 2.05 bits per heavy atom. The van der Waals surface area contributed by atoms with Crippen molar-refractivity contribution in [2.45, 2.75) is 65.4 Å². The van der Waals surface area contributed by atoms with Crippen LogP contribution in [-0.4, -0.2) is 16.4 Å². The van der Waals surface area contributed by atoms with Crippen LogP contribution in [-0.2, 0) is 6.42 Å². The van der Waals surface area contributed by atoms with E-state index in [1.165, 1.54) is 18.4 Å². The first-order chi connectivity index (χ1) is 10.4. The van der Waals surface area contributed by atoms with Crippen molar-refractivity contribution < 1.29 is 9.84 Å². The molecule has 0 aliphatic carbocycles. The summed E-state index contributed by atoms with van der Waals surface area (Å²) < 4.78 is 6.22. The molecule has 2 aliphatic rings. The zero-order valence-corrected chi connectivity index (χ0v) is 14.0. The van der Waals surface area contributed by atoms with Crippen molar-refractivity contribution in [3.8, 4) is 11.5 Å². The number of aromatic hydroxyl groups is 1. The maximum absolute atomic E-state index is 10.5. The number of rotatable bonds is 4. The van der Waals surface area contributed by atoms with Crippen molar-refractivity contribution in [2.24, 2.45) is 4.99 Å². The molecule has 3 heteroatoms. The molecule has 0 aromatic heterocycles. The minimum atomic E-state index is -0.363. The molecular weight excluding hydrogens is 274 g/mol. The van der Waals surface area contributed by atoms with Crippen molar-refractivity contribution in [1.29, 1.82) is 0 Å². The normalized spacial score (nSPS) is 18.6. The smallest absolute Gasteiger partial charge is 0.134 e. The maximum Gasteiger partial charge on any atom is 0.134 e. The van der Waals surface area contributed by atoms with Crippen LogP contribution < -0.4 is 4.74 Å². The number of aryl methyl sites for hydroxylation is 1. The monoisotopic (exact) mass is 299 g/mol. The van der Waals surface area contributed by atoms with Gasteiger partial charge in [-0.25, -0.2) is 0 Å². The Morgan fingerprint density at radius 3 is 2.77 bits per heavy atom. The predicted octanol–water partition coefficient (Wildman–Crippen LogP) is 4.87. The summed E-state index contributed by atoms with van der Waals surface area (Å²) in [6.07, 6.45) is 5.36. The van der Waals surface area contributed by atoms with E-state index in [0.717, 1.165) is 47.5 Å². The molecule has 1 N–H and O–H groups in total. The van der Waals surface area contributed by atoms with Crippen LogP contribution in [0.3, 0.4) is 0 Å². The Labute approximate surface area is 132 Å². The number of phenolic OH excluding ortho intramolecular Hbond substituents is 1. The van der Waals surface area contributed by atoms with Gasteiger partial charge in [-0.3, -0.25) is 4.99 Å². The average molecular weight is 299 g/mol. The summed E-state index contributed by atoms with van der Waals surface area (Å²) in [5.74, 6) is 1.07. The van der Waals surface area contributed by atoms with Gasteiger partial charge >= 0.3 is 0 Å². The van der Waals surface area contributed by atoms with Crippen LogP contribution in [0.4, 0.5) is 0 Å². The molecule has 118 valence electrons. The lowest BCUT2D eigenvalue weighted by Crippen LogP contribution is -2.34. The molecule has 3 rings (SSSR count). The van der Waals surface area contributed by atoms with Crippen LogP contribution in [0.1, 0.15) is 64.5 Å². The highest BCUT2D eigenvalue weighted by Gasteiger charge is 2.39. The molecule has 1 aromatic rings. The Hall–Kier alpha value is -1.77. The lowest BCUT2D eigenvalue weighted by atomic mass is 9.87. The van der Waals surface area contributed by atoms with Crippen molar-refractivity contribution in [1.82, 2.24) is 0 Å². The summed E-state index contributed by atoms with van der Waals surface area (Å²) in [5.41, 5.74) is 4.72. The molecule has 0 saturated heterocycles. The molecular formula is C19H25NO2. The van der Waals surface area contributed by atoms with E-state index in [-0.39, 0.29) is 5.60 Å². The first-order valence-electron chi connectivity index (χ1n) is 8.25. The van der Waals surface area contributed by atoms with Crippen molar-refractivity contribution >= 4 is 11.4 Å². The maximum atomic E-state index is 10.5. The SMILES string of the molecule is CCCCCc1cc(O)c2c(c1)OC(C)(C)C1=C2N=C(C)C1. The number of unbranched alkanes of at least 4 members (excludes halogenated alkanes) is 2. The number of hydrogen-bond donors (Lipinski definition) is 1. The Kier molecular flexibility index (Phi) is 3.75. The largest absolute Gasteiger partial charge is 0.507 e. The molecule has 22 heavy (non-hydrogen) atoms. The van der Waals surface area contributed by atoms with E-state index in [4.69, 9.17) is 4.74 Å². The summed E-state index contributed by atoms with van der Waals surface area (Å²) in [6.45, 7) is 8.40. The number of phenols is 1. The molecule has 0 radical (unpaired) electrons. The molecule has 3 nitrogen and oxygen atoms in total. The molecule has 0 saturated carbocycles. The minimum Gasteiger partial charge on any atom is -0.507 e. The predicted molar refractivity (Wildman–Crippen MR) is 90.7 cm³/mol. The molecule has 2 aliphatic heterocycles. The number of benzene rings is 1. The van der Waals surface area contributed by atoms with Crippen molar-refractivity contribution in [3.63, 3.8) is 0 Å². The summed E-state index contributed by atoms with van der Waals surface area (Å²) in [5, 5.41) is 10.5. The highest BCUT2D eigenvalue weighted by atomic mass is 16.5. The van der Waals surface area contributed by atoms with Crippen LogP contribution >= 0.6 is 0 Å². The molecule has 1 aromatic carbocycles. The zero-order chi connectivity index (χ0) is 15.9. The van der Waals surface area contributed by atoms with Gasteiger partial charge in [0.1, 0.15) is 17.1 Å². The summed E-state index contributed by atoms with van der Waals surface area (Å²) in [6, 6.07) is 3.96. The summed E-state index contributed by atoms with van der Waals surface area (Å²) >= 11 is 0. The van der Waals surface area contributed by atoms with E-state index in [1.807, 2.05) is 13.0 Å². The fourth-order valence-corrected chi connectivity index (χ4v) is 3.38. The lowest BCUT2D eigenvalue weighted by molar-refractivity contribution is 0.142. The van der Waals surface area contributed by atoms with Gasteiger partial charge in [0.15, 0.2) is 0 Å². The van der Waals surface area contributed by atoms with E-state index < -0.39 is 0 Å². The topological polar surface area (TPSA) is 41.8 Å². The van der Waals surface area contributed by atoms with Crippen molar-refractivity contribution in [3.05, 3.63) is 28.8 Å². The third-order valence-corrected chi connectivity index (χ3v) is 4.56. The Bertz CT molecular complexity index is 668. The molecule has 0 spiro atoms. The van der Waals surface area contributed by atoms with Gasteiger partial charge in [0.05, 0.1) is 11.3 Å². The number of hydrogen-bond acceptors (Lipinski definition) is 3. The van der Waals surface area contributed by atoms with Gasteiger partial charge in [0.25, 0.3) is 0 Å². The molecule has 2 heterocycles. The molecule has 0 amide bonds. The first kappa shape index (κ1) is 15.1. The van der Waals surface area contributed by atoms with Crippen LogP contribution in [0.2, 0.25) is 0 Å². The van der Waals surface area contributed by atoms with Gasteiger partial charge < -0.3 is 9.84 Å². The minimum absolute atomic E-state index is 0.297. The van der Waals surface area contributed by atoms with Crippen LogP contribution in [0.25, 0.3) is 5.70 Å². The van der Waals surface area contributed by atoms with Gasteiger partial charge in [-0.2, -0.15) is 0 Å². The average Bonchev–Trinajstić information content (AvgIpc) is 2.80. The number of ether oxygens (including phenoxy) is 1. The van der Waals surface area contributed by atoms with Crippen LogP contribution in [0.15, 0.2) is 22.7 Å². The van der Waals surface area contributed by atoms with E-state index in [1.54, 1.807) is 0 Å². The van der Waals surface area contributed by atoms with Gasteiger partial charge in [0.2, 0.25) is 0 Å². The van der Waals surface area contributed by atoms with E-state index in [9.17, 15) is 5.11 Å². The first-order valence-corrected chi connectivity index (χ1v) is 8.25. The fraction of sp³-hybridized carbons (Fsp3) is 0.526. The van der Waals surface area contributed by atoms with E-state index >= 15 is 0 Å². The van der Waals surface area contributed by atoms with Crippen LogP contribution in [0, 0.1) is 0 Å². The summed E-state index contributed by atoms with van der Waals surface area (Å²) in [4.78, 5) is 4.67. The highest BCUT2D eigenvalue weighted by molar-refractivity contribution is 5.99. The van der Waals surface area contributed by atoms with Crippen LogP contribution in [0.5, 0.6) is 11.5 Å². The number of nitrogens with zero attached hydrogens (tertiary/aromatic N) is 1. The van der Waals surface area contributed by atoms with Crippen molar-refractivity contribution in [2.75, 3.05) is 0 Å². The van der Waals surface area contributed by atoms with E-state index in [2.05, 4.69) is 31.8 Å². The van der Waals surface area contributed by atoms with Gasteiger partial charge in [-0.05, 0) is 51.3 Å². The standard InChI is InChI=1S/C19H25NO2/c1-5-6-7-8-13-10-15(21)17-16(11-13)22-19(3,4)14-9-12(2)20-18(14)17/h10-11,21H,5-9H2,1-4H3. The Balaban J connectivity index is 2.02. The second-order valence-corrected chi connectivity index (χ2v) is 6.91. The molecule has 0 unspecified atom stereocenters. The van der Waals surface area contributed by atoms with Gasteiger partial charge in [-0.15, -0.1) is 0 Å². The number of aliphatic imine (C=N–C) groups is 1. The van der Waals surface area contributed by atoms with Gasteiger partial charge in [-0.1, -0.05) is 19.8 Å². The third-order valence-electron chi connectivity index (χ3n) is 4.56. The summed E-state index contributed by atoms with van der Waals surface area (Å²) in [7, 11) is 0. The molecule has 0 atom stereocenters. The van der Waals surface area contributed by atoms with E-state index in [0.29, 0.717) is 5.75 Å². The highest BCUT2D eigenvalue weighted by Crippen LogP contribution is 2.49. The molecule has 0 fully saturated rings. The third kappa shape index (κ3) is 2.53. The zero-order valence-electron chi connectivity index (χ0n) is 14.0. The van der Waals surface area contributed by atoms with Gasteiger partial charge in [0, 0.05) is 17.7 Å². The number of fused-ring (bicyclic) bond motifs is 2. The fourth-order valence-electron chi connectivity index (χ4n) is 3.38. The second kappa shape index (κ2) is 5.45. The second-order valence-electron chi connectivity index (χ2n) is 6.91. The quantitative estimate of drug-likeness (QED) is 0.806.